The summed E-state index contributed by atoms with van der Waals surface area (Å²) in [6.45, 7) is 0.573. The second kappa shape index (κ2) is 5.35. The molecule has 0 aromatic heterocycles. The first-order valence-electron chi connectivity index (χ1n) is 8.38. The highest BCUT2D eigenvalue weighted by atomic mass is 16.2. The van der Waals surface area contributed by atoms with Crippen LogP contribution in [-0.2, 0) is 6.54 Å². The Hall–Kier alpha value is -3.33. The van der Waals surface area contributed by atoms with Crippen LogP contribution < -0.4 is 10.2 Å². The number of benzene rings is 4. The first-order chi connectivity index (χ1) is 12.3. The number of hydrogen-bond donors (Lipinski definition) is 1. The molecule has 1 N–H and O–H groups in total. The molecule has 1 heterocycles. The van der Waals surface area contributed by atoms with E-state index in [1.54, 1.807) is 4.90 Å². The summed E-state index contributed by atoms with van der Waals surface area (Å²) in [5, 5.41) is 7.69. The first-order valence-corrected chi connectivity index (χ1v) is 8.38. The van der Waals surface area contributed by atoms with E-state index >= 15 is 0 Å². The number of urea groups is 1. The molecule has 4 aromatic carbocycles. The third-order valence-electron chi connectivity index (χ3n) is 4.81. The van der Waals surface area contributed by atoms with Gasteiger partial charge < -0.3 is 5.32 Å². The minimum absolute atomic E-state index is 0.0844. The predicted octanol–water partition coefficient (Wildman–Crippen LogP) is 5.35. The van der Waals surface area contributed by atoms with Gasteiger partial charge in [0.15, 0.2) is 0 Å². The zero-order chi connectivity index (χ0) is 16.8. The van der Waals surface area contributed by atoms with Gasteiger partial charge in [0, 0.05) is 6.54 Å². The Morgan fingerprint density at radius 3 is 2.24 bits per heavy atom. The fourth-order valence-electron chi connectivity index (χ4n) is 3.56. The number of carbonyl (C=O) groups is 1. The molecule has 1 aliphatic rings. The predicted molar refractivity (Wildman–Crippen MR) is 102 cm³/mol. The standard InChI is InChI=1S/C22H16N2O/c25-22-23-14-18-7-3-4-8-21(18)24(22)20-10-9-17-11-15-5-1-2-6-16(15)12-19(17)13-20/h1-13H,14H2,(H,23,25). The van der Waals surface area contributed by atoms with Crippen molar-refractivity contribution in [2.24, 2.45) is 0 Å². The van der Waals surface area contributed by atoms with E-state index in [1.165, 1.54) is 16.2 Å². The van der Waals surface area contributed by atoms with E-state index in [2.05, 4.69) is 53.8 Å². The summed E-state index contributed by atoms with van der Waals surface area (Å²) in [7, 11) is 0. The molecular weight excluding hydrogens is 308 g/mol. The van der Waals surface area contributed by atoms with Crippen molar-refractivity contribution in [1.82, 2.24) is 5.32 Å². The fraction of sp³-hybridized carbons (Fsp3) is 0.0455. The summed E-state index contributed by atoms with van der Waals surface area (Å²) in [5.41, 5.74) is 2.96. The normalized spacial score (nSPS) is 13.8. The SMILES string of the molecule is O=C1NCc2ccccc2N1c1ccc2cc3ccccc3cc2c1. The van der Waals surface area contributed by atoms with Crippen LogP contribution in [-0.4, -0.2) is 6.03 Å². The van der Waals surface area contributed by atoms with Crippen molar-refractivity contribution < 1.29 is 4.79 Å². The van der Waals surface area contributed by atoms with Gasteiger partial charge >= 0.3 is 6.03 Å². The van der Waals surface area contributed by atoms with Gasteiger partial charge in [-0.2, -0.15) is 0 Å². The highest BCUT2D eigenvalue weighted by Crippen LogP contribution is 2.34. The van der Waals surface area contributed by atoms with Gasteiger partial charge in [-0.15, -0.1) is 0 Å². The first kappa shape index (κ1) is 14.1. The maximum Gasteiger partial charge on any atom is 0.326 e. The van der Waals surface area contributed by atoms with E-state index < -0.39 is 0 Å². The molecule has 3 heteroatoms. The lowest BCUT2D eigenvalue weighted by Gasteiger charge is -2.30. The molecule has 4 aromatic rings. The van der Waals surface area contributed by atoms with Crippen molar-refractivity contribution in [2.45, 2.75) is 6.54 Å². The highest BCUT2D eigenvalue weighted by molar-refractivity contribution is 6.05. The zero-order valence-corrected chi connectivity index (χ0v) is 13.6. The zero-order valence-electron chi connectivity index (χ0n) is 13.6. The minimum Gasteiger partial charge on any atom is -0.333 e. The molecule has 0 unspecified atom stereocenters. The number of nitrogens with one attached hydrogen (secondary N) is 1. The highest BCUT2D eigenvalue weighted by Gasteiger charge is 2.24. The quantitative estimate of drug-likeness (QED) is 0.470. The van der Waals surface area contributed by atoms with Gasteiger partial charge in [0.25, 0.3) is 0 Å². The Labute approximate surface area is 145 Å². The van der Waals surface area contributed by atoms with Crippen LogP contribution >= 0.6 is 0 Å². The molecule has 0 radical (unpaired) electrons. The van der Waals surface area contributed by atoms with Crippen LogP contribution in [0.5, 0.6) is 0 Å². The number of carbonyl (C=O) groups excluding carboxylic acids is 1. The van der Waals surface area contributed by atoms with Crippen LogP contribution in [0.25, 0.3) is 21.5 Å². The molecule has 3 nitrogen and oxygen atoms in total. The Bertz CT molecular complexity index is 1130. The van der Waals surface area contributed by atoms with E-state index in [-0.39, 0.29) is 6.03 Å². The van der Waals surface area contributed by atoms with Crippen LogP contribution in [0, 0.1) is 0 Å². The lowest BCUT2D eigenvalue weighted by Crippen LogP contribution is -2.41. The third-order valence-corrected chi connectivity index (χ3v) is 4.81. The van der Waals surface area contributed by atoms with Crippen LogP contribution in [0.1, 0.15) is 5.56 Å². The number of fused-ring (bicyclic) bond motifs is 3. The molecule has 120 valence electrons. The number of amides is 2. The molecule has 2 amide bonds. The van der Waals surface area contributed by atoms with E-state index in [1.807, 2.05) is 30.3 Å². The largest absolute Gasteiger partial charge is 0.333 e. The monoisotopic (exact) mass is 324 g/mol. The van der Waals surface area contributed by atoms with Crippen molar-refractivity contribution in [2.75, 3.05) is 4.90 Å². The van der Waals surface area contributed by atoms with Crippen molar-refractivity contribution in [3.05, 3.63) is 84.4 Å². The van der Waals surface area contributed by atoms with Crippen LogP contribution in [0.15, 0.2) is 78.9 Å². The molecule has 5 rings (SSSR count). The smallest absolute Gasteiger partial charge is 0.326 e. The molecule has 0 atom stereocenters. The van der Waals surface area contributed by atoms with Gasteiger partial charge in [-0.25, -0.2) is 4.79 Å². The Balaban J connectivity index is 1.70. The van der Waals surface area contributed by atoms with Gasteiger partial charge in [-0.1, -0.05) is 48.5 Å². The maximum absolute atomic E-state index is 12.5. The van der Waals surface area contributed by atoms with Gasteiger partial charge in [-0.3, -0.25) is 4.90 Å². The lowest BCUT2D eigenvalue weighted by atomic mass is 10.0. The topological polar surface area (TPSA) is 32.3 Å². The number of nitrogens with zero attached hydrogens (tertiary/aromatic N) is 1. The van der Waals surface area contributed by atoms with Gasteiger partial charge in [0.1, 0.15) is 0 Å². The summed E-state index contributed by atoms with van der Waals surface area (Å²) in [4.78, 5) is 14.3. The van der Waals surface area contributed by atoms with Gasteiger partial charge in [-0.05, 0) is 57.4 Å². The van der Waals surface area contributed by atoms with Gasteiger partial charge in [0.05, 0.1) is 11.4 Å². The van der Waals surface area contributed by atoms with Gasteiger partial charge in [0.2, 0.25) is 0 Å². The molecule has 0 aliphatic carbocycles. The molecule has 1 aliphatic heterocycles. The summed E-state index contributed by atoms with van der Waals surface area (Å²) in [6, 6.07) is 26.8. The Morgan fingerprint density at radius 2 is 1.40 bits per heavy atom. The van der Waals surface area contributed by atoms with Crippen LogP contribution in [0.3, 0.4) is 0 Å². The Morgan fingerprint density at radius 1 is 0.720 bits per heavy atom. The van der Waals surface area contributed by atoms with E-state index in [0.29, 0.717) is 6.54 Å². The molecule has 0 fully saturated rings. The number of hydrogen-bond acceptors (Lipinski definition) is 1. The lowest BCUT2D eigenvalue weighted by molar-refractivity contribution is 0.247. The molecule has 0 saturated carbocycles. The van der Waals surface area contributed by atoms with E-state index in [0.717, 1.165) is 22.3 Å². The summed E-state index contributed by atoms with van der Waals surface area (Å²) in [5.74, 6) is 0. The Kier molecular flexibility index (Phi) is 3.01. The molecular formula is C22H16N2O. The maximum atomic E-state index is 12.5. The summed E-state index contributed by atoms with van der Waals surface area (Å²) < 4.78 is 0. The molecule has 0 saturated heterocycles. The van der Waals surface area contributed by atoms with E-state index in [4.69, 9.17) is 0 Å². The minimum atomic E-state index is -0.0844. The molecule has 25 heavy (non-hydrogen) atoms. The van der Waals surface area contributed by atoms with Crippen molar-refractivity contribution in [3.8, 4) is 0 Å². The summed E-state index contributed by atoms with van der Waals surface area (Å²) >= 11 is 0. The van der Waals surface area contributed by atoms with E-state index in [9.17, 15) is 4.79 Å². The average molecular weight is 324 g/mol. The third kappa shape index (κ3) is 2.24. The van der Waals surface area contributed by atoms with Crippen LogP contribution in [0.2, 0.25) is 0 Å². The average Bonchev–Trinajstić information content (AvgIpc) is 2.66. The second-order valence-corrected chi connectivity index (χ2v) is 6.35. The van der Waals surface area contributed by atoms with Crippen molar-refractivity contribution >= 4 is 39.0 Å². The number of anilines is 2. The number of rotatable bonds is 1. The summed E-state index contributed by atoms with van der Waals surface area (Å²) in [6.07, 6.45) is 0. The molecule has 0 spiro atoms. The van der Waals surface area contributed by atoms with Crippen molar-refractivity contribution in [3.63, 3.8) is 0 Å². The second-order valence-electron chi connectivity index (χ2n) is 6.35. The molecule has 0 bridgehead atoms. The van der Waals surface area contributed by atoms with Crippen molar-refractivity contribution in [1.29, 1.82) is 0 Å². The van der Waals surface area contributed by atoms with Crippen LogP contribution in [0.4, 0.5) is 16.2 Å². The number of para-hydroxylation sites is 1. The fourth-order valence-corrected chi connectivity index (χ4v) is 3.56.